The zero-order chi connectivity index (χ0) is 17.4. The van der Waals surface area contributed by atoms with Crippen molar-refractivity contribution < 1.29 is 9.53 Å². The van der Waals surface area contributed by atoms with E-state index in [2.05, 4.69) is 19.9 Å². The summed E-state index contributed by atoms with van der Waals surface area (Å²) < 4.78 is 5.55. The molecule has 3 heteroatoms. The number of hydrogen-bond donors (Lipinski definition) is 0. The van der Waals surface area contributed by atoms with Gasteiger partial charge in [0, 0.05) is 0 Å². The average Bonchev–Trinajstić information content (AvgIpc) is 2.62. The topological polar surface area (TPSA) is 50.1 Å². The molecule has 0 heterocycles. The average molecular weight is 327 g/mol. The minimum Gasteiger partial charge on any atom is -0.426 e. The maximum absolute atomic E-state index is 12.4. The first-order chi connectivity index (χ1) is 11.6. The van der Waals surface area contributed by atoms with Gasteiger partial charge in [-0.25, -0.2) is 0 Å². The van der Waals surface area contributed by atoms with Gasteiger partial charge in [-0.05, 0) is 62.6 Å². The van der Waals surface area contributed by atoms with Gasteiger partial charge >= 0.3 is 5.97 Å². The second kappa shape index (κ2) is 8.87. The molecule has 0 radical (unpaired) electrons. The van der Waals surface area contributed by atoms with Gasteiger partial charge in [-0.3, -0.25) is 4.79 Å². The number of carbonyl (C=O) groups is 1. The number of esters is 1. The molecule has 1 aromatic rings. The monoisotopic (exact) mass is 327 g/mol. The van der Waals surface area contributed by atoms with Gasteiger partial charge in [-0.2, -0.15) is 5.26 Å². The highest BCUT2D eigenvalue weighted by molar-refractivity contribution is 5.75. The Morgan fingerprint density at radius 2 is 1.88 bits per heavy atom. The van der Waals surface area contributed by atoms with Crippen molar-refractivity contribution in [2.75, 3.05) is 0 Å². The van der Waals surface area contributed by atoms with Gasteiger partial charge in [0.05, 0.1) is 17.4 Å². The van der Waals surface area contributed by atoms with Gasteiger partial charge in [0.1, 0.15) is 5.75 Å². The van der Waals surface area contributed by atoms with E-state index in [1.165, 1.54) is 18.4 Å². The van der Waals surface area contributed by atoms with Gasteiger partial charge in [-0.15, -0.1) is 0 Å². The molecule has 1 fully saturated rings. The molecular formula is C21H29NO2. The van der Waals surface area contributed by atoms with Gasteiger partial charge in [0.2, 0.25) is 0 Å². The van der Waals surface area contributed by atoms with Crippen molar-refractivity contribution in [2.24, 2.45) is 11.3 Å². The van der Waals surface area contributed by atoms with Crippen LogP contribution in [0.1, 0.15) is 70.8 Å². The highest BCUT2D eigenvalue weighted by atomic mass is 16.5. The summed E-state index contributed by atoms with van der Waals surface area (Å²) in [5.74, 6) is 0.424. The van der Waals surface area contributed by atoms with Crippen LogP contribution in [0.2, 0.25) is 0 Å². The van der Waals surface area contributed by atoms with Crippen molar-refractivity contribution in [1.29, 1.82) is 5.26 Å². The molecule has 0 amide bonds. The maximum atomic E-state index is 12.4. The van der Waals surface area contributed by atoms with E-state index in [0.717, 1.165) is 44.9 Å². The van der Waals surface area contributed by atoms with Crippen molar-refractivity contribution in [1.82, 2.24) is 0 Å². The predicted molar refractivity (Wildman–Crippen MR) is 95.6 cm³/mol. The minimum absolute atomic E-state index is 0.0666. The molecule has 0 spiro atoms. The zero-order valence-electron chi connectivity index (χ0n) is 15.0. The molecule has 1 aliphatic rings. The molecule has 0 aliphatic heterocycles. The van der Waals surface area contributed by atoms with Crippen LogP contribution in [0.4, 0.5) is 0 Å². The van der Waals surface area contributed by atoms with Gasteiger partial charge < -0.3 is 4.74 Å². The van der Waals surface area contributed by atoms with Crippen LogP contribution < -0.4 is 4.74 Å². The van der Waals surface area contributed by atoms with Gasteiger partial charge in [0.25, 0.3) is 0 Å². The van der Waals surface area contributed by atoms with Crippen molar-refractivity contribution in [2.45, 2.75) is 71.6 Å². The number of benzene rings is 1. The second-order valence-electron chi connectivity index (χ2n) is 7.09. The molecular weight excluding hydrogens is 298 g/mol. The highest BCUT2D eigenvalue weighted by Crippen LogP contribution is 2.42. The first-order valence-electron chi connectivity index (χ1n) is 9.34. The smallest absolute Gasteiger partial charge is 0.314 e. The fourth-order valence-electron chi connectivity index (χ4n) is 3.61. The maximum Gasteiger partial charge on any atom is 0.314 e. The van der Waals surface area contributed by atoms with E-state index in [1.807, 2.05) is 24.3 Å². The van der Waals surface area contributed by atoms with E-state index >= 15 is 0 Å². The Morgan fingerprint density at radius 1 is 1.21 bits per heavy atom. The van der Waals surface area contributed by atoms with Crippen LogP contribution in [0.3, 0.4) is 0 Å². The highest BCUT2D eigenvalue weighted by Gasteiger charge is 2.37. The number of hydrogen-bond acceptors (Lipinski definition) is 3. The molecule has 0 atom stereocenters. The minimum atomic E-state index is -0.216. The van der Waals surface area contributed by atoms with Crippen LogP contribution in [0, 0.1) is 22.7 Å². The summed E-state index contributed by atoms with van der Waals surface area (Å²) in [5, 5.41) is 9.45. The summed E-state index contributed by atoms with van der Waals surface area (Å²) >= 11 is 0. The molecule has 2 rings (SSSR count). The molecule has 1 aromatic carbocycles. The molecule has 130 valence electrons. The Labute approximate surface area is 146 Å². The van der Waals surface area contributed by atoms with E-state index in [4.69, 9.17) is 4.74 Å². The molecule has 1 saturated carbocycles. The van der Waals surface area contributed by atoms with Gasteiger partial charge in [-0.1, -0.05) is 38.8 Å². The lowest BCUT2D eigenvalue weighted by Crippen LogP contribution is -2.31. The van der Waals surface area contributed by atoms with Crippen LogP contribution >= 0.6 is 0 Å². The SMILES string of the molecule is CCCCc1ccc(OC(=O)[C@H]2CC[C@](C#N)(CCC)CC2)cc1. The summed E-state index contributed by atoms with van der Waals surface area (Å²) in [6.07, 6.45) is 8.54. The van der Waals surface area contributed by atoms with E-state index in [-0.39, 0.29) is 17.3 Å². The lowest BCUT2D eigenvalue weighted by atomic mass is 9.69. The van der Waals surface area contributed by atoms with Gasteiger partial charge in [0.15, 0.2) is 0 Å². The Kier molecular flexibility index (Phi) is 6.85. The van der Waals surface area contributed by atoms with E-state index in [9.17, 15) is 10.1 Å². The molecule has 0 N–H and O–H groups in total. The second-order valence-corrected chi connectivity index (χ2v) is 7.09. The molecule has 1 aliphatic carbocycles. The largest absolute Gasteiger partial charge is 0.426 e. The van der Waals surface area contributed by atoms with E-state index < -0.39 is 0 Å². The summed E-state index contributed by atoms with van der Waals surface area (Å²) in [6, 6.07) is 10.4. The lowest BCUT2D eigenvalue weighted by molar-refractivity contribution is -0.140. The van der Waals surface area contributed by atoms with E-state index in [1.54, 1.807) is 0 Å². The Bertz CT molecular complexity index is 562. The summed E-state index contributed by atoms with van der Waals surface area (Å²) in [6.45, 7) is 4.30. The quantitative estimate of drug-likeness (QED) is 0.495. The van der Waals surface area contributed by atoms with Crippen LogP contribution in [-0.4, -0.2) is 5.97 Å². The Hall–Kier alpha value is -1.82. The third-order valence-corrected chi connectivity index (χ3v) is 5.20. The summed E-state index contributed by atoms with van der Waals surface area (Å²) in [7, 11) is 0. The molecule has 0 bridgehead atoms. The molecule has 3 nitrogen and oxygen atoms in total. The normalized spacial score (nSPS) is 23.5. The van der Waals surface area contributed by atoms with Crippen molar-refractivity contribution in [3.05, 3.63) is 29.8 Å². The number of unbranched alkanes of at least 4 members (excludes halogenated alkanes) is 1. The van der Waals surface area contributed by atoms with E-state index in [0.29, 0.717) is 5.75 Å². The first-order valence-corrected chi connectivity index (χ1v) is 9.34. The lowest BCUT2D eigenvalue weighted by Gasteiger charge is -2.33. The van der Waals surface area contributed by atoms with Crippen LogP contribution in [-0.2, 0) is 11.2 Å². The first kappa shape index (κ1) is 18.5. The van der Waals surface area contributed by atoms with Crippen LogP contribution in [0.5, 0.6) is 5.75 Å². The fourth-order valence-corrected chi connectivity index (χ4v) is 3.61. The van der Waals surface area contributed by atoms with Crippen molar-refractivity contribution >= 4 is 5.97 Å². The Morgan fingerprint density at radius 3 is 2.42 bits per heavy atom. The molecule has 24 heavy (non-hydrogen) atoms. The fraction of sp³-hybridized carbons (Fsp3) is 0.619. The number of ether oxygens (including phenoxy) is 1. The molecule has 0 aromatic heterocycles. The molecule has 0 unspecified atom stereocenters. The summed E-state index contributed by atoms with van der Waals surface area (Å²) in [4.78, 5) is 12.4. The standard InChI is InChI=1S/C21H29NO2/c1-3-5-6-17-7-9-19(10-8-17)24-20(23)18-11-14-21(16-22,13-4-2)15-12-18/h7-10,18H,3-6,11-15H2,1-2H3/t18-,21+. The number of nitrogens with zero attached hydrogens (tertiary/aromatic N) is 1. The third kappa shape index (κ3) is 4.84. The summed E-state index contributed by atoms with van der Waals surface area (Å²) in [5.41, 5.74) is 1.07. The predicted octanol–water partition coefficient (Wildman–Crippen LogP) is 5.43. The number of carbonyl (C=O) groups excluding carboxylic acids is 1. The third-order valence-electron chi connectivity index (χ3n) is 5.20. The van der Waals surface area contributed by atoms with Crippen molar-refractivity contribution in [3.63, 3.8) is 0 Å². The zero-order valence-corrected chi connectivity index (χ0v) is 15.0. The molecule has 0 saturated heterocycles. The Balaban J connectivity index is 1.86. The van der Waals surface area contributed by atoms with Crippen LogP contribution in [0.15, 0.2) is 24.3 Å². The number of rotatable bonds is 7. The number of aryl methyl sites for hydroxylation is 1. The van der Waals surface area contributed by atoms with Crippen molar-refractivity contribution in [3.8, 4) is 11.8 Å². The number of nitriles is 1. The van der Waals surface area contributed by atoms with Crippen LogP contribution in [0.25, 0.3) is 0 Å².